The molecule has 0 amide bonds. The second-order valence-corrected chi connectivity index (χ2v) is 7.94. The van der Waals surface area contributed by atoms with Gasteiger partial charge < -0.3 is 9.42 Å². The van der Waals surface area contributed by atoms with Gasteiger partial charge in [0.15, 0.2) is 5.76 Å². The van der Waals surface area contributed by atoms with Crippen LogP contribution >= 0.6 is 0 Å². The van der Waals surface area contributed by atoms with Crippen LogP contribution in [-0.2, 0) is 7.05 Å². The number of anilines is 2. The van der Waals surface area contributed by atoms with Crippen LogP contribution in [0.2, 0.25) is 0 Å². The molecule has 0 bridgehead atoms. The van der Waals surface area contributed by atoms with Crippen molar-refractivity contribution < 1.29 is 4.52 Å². The Bertz CT molecular complexity index is 1400. The van der Waals surface area contributed by atoms with Crippen molar-refractivity contribution in [3.8, 4) is 34.4 Å². The number of aromatic nitrogens is 3. The van der Waals surface area contributed by atoms with Crippen molar-refractivity contribution >= 4 is 11.4 Å². The number of rotatable bonds is 3. The van der Waals surface area contributed by atoms with Gasteiger partial charge in [-0.25, -0.2) is 0 Å². The van der Waals surface area contributed by atoms with Gasteiger partial charge in [0.1, 0.15) is 6.07 Å². The van der Waals surface area contributed by atoms with Crippen LogP contribution in [0.4, 0.5) is 11.4 Å². The Hall–Kier alpha value is -4.36. The lowest BCUT2D eigenvalue weighted by atomic mass is 9.95. The van der Waals surface area contributed by atoms with Gasteiger partial charge in [0.2, 0.25) is 0 Å². The fourth-order valence-electron chi connectivity index (χ4n) is 4.41. The maximum atomic E-state index is 9.78. The highest BCUT2D eigenvalue weighted by atomic mass is 16.5. The fraction of sp³-hybridized carbons (Fsp3) is 0.200. The number of nitriles is 2. The molecule has 1 atom stereocenters. The molecule has 7 heteroatoms. The van der Waals surface area contributed by atoms with Crippen LogP contribution in [0.5, 0.6) is 0 Å². The molecule has 1 unspecified atom stereocenters. The minimum Gasteiger partial charge on any atom is -0.360 e. The summed E-state index contributed by atoms with van der Waals surface area (Å²) in [5.41, 5.74) is 7.03. The van der Waals surface area contributed by atoms with E-state index >= 15 is 0 Å². The molecule has 32 heavy (non-hydrogen) atoms. The summed E-state index contributed by atoms with van der Waals surface area (Å²) in [4.78, 5) is 2.13. The van der Waals surface area contributed by atoms with Crippen molar-refractivity contribution in [1.29, 1.82) is 10.5 Å². The standard InChI is InChI=1S/C25H20N6O/c1-16-24-21-8-7-17(20-13-28-30(2)14-20)11-23(21)31(22-6-4-3-5-18(22)12-27)15-19(9-10-26)25(24)32-29-16/h3-8,11,13-14,19H,9,15H2,1-2H3. The predicted octanol–water partition coefficient (Wildman–Crippen LogP) is 5.07. The third-order valence-electron chi connectivity index (χ3n) is 5.91. The van der Waals surface area contributed by atoms with E-state index in [9.17, 15) is 10.5 Å². The van der Waals surface area contributed by atoms with E-state index < -0.39 is 0 Å². The van der Waals surface area contributed by atoms with E-state index in [1.54, 1.807) is 4.68 Å². The normalized spacial score (nSPS) is 14.8. The Morgan fingerprint density at radius 1 is 1.12 bits per heavy atom. The minimum atomic E-state index is -0.183. The summed E-state index contributed by atoms with van der Waals surface area (Å²) in [6.45, 7) is 2.42. The quantitative estimate of drug-likeness (QED) is 0.459. The Labute approximate surface area is 185 Å². The first kappa shape index (κ1) is 19.6. The maximum Gasteiger partial charge on any atom is 0.150 e. The van der Waals surface area contributed by atoms with E-state index in [0.29, 0.717) is 12.1 Å². The highest BCUT2D eigenvalue weighted by Gasteiger charge is 2.33. The van der Waals surface area contributed by atoms with E-state index in [0.717, 1.165) is 45.1 Å². The first-order valence-electron chi connectivity index (χ1n) is 10.3. The van der Waals surface area contributed by atoms with Gasteiger partial charge in [0.25, 0.3) is 0 Å². The molecule has 2 aromatic carbocycles. The molecule has 0 aliphatic carbocycles. The molecule has 7 nitrogen and oxygen atoms in total. The third kappa shape index (κ3) is 3.12. The van der Waals surface area contributed by atoms with Crippen LogP contribution in [0.15, 0.2) is 59.4 Å². The Kier molecular flexibility index (Phi) is 4.73. The number of benzene rings is 2. The van der Waals surface area contributed by atoms with Crippen LogP contribution in [0.25, 0.3) is 22.3 Å². The summed E-state index contributed by atoms with van der Waals surface area (Å²) in [7, 11) is 1.89. The largest absolute Gasteiger partial charge is 0.360 e. The van der Waals surface area contributed by atoms with E-state index in [1.807, 2.05) is 50.6 Å². The average Bonchev–Trinajstić information content (AvgIpc) is 3.38. The molecule has 0 radical (unpaired) electrons. The van der Waals surface area contributed by atoms with Gasteiger partial charge in [-0.15, -0.1) is 0 Å². The summed E-state index contributed by atoms with van der Waals surface area (Å²) < 4.78 is 7.51. The van der Waals surface area contributed by atoms with Crippen molar-refractivity contribution in [3.05, 3.63) is 71.9 Å². The monoisotopic (exact) mass is 420 g/mol. The summed E-state index contributed by atoms with van der Waals surface area (Å²) in [5, 5.41) is 27.8. The van der Waals surface area contributed by atoms with Crippen LogP contribution in [0.3, 0.4) is 0 Å². The molecule has 3 heterocycles. The molecule has 0 spiro atoms. The number of aryl methyl sites for hydroxylation is 2. The molecule has 156 valence electrons. The van der Waals surface area contributed by atoms with E-state index in [1.165, 1.54) is 0 Å². The Balaban J connectivity index is 1.79. The maximum absolute atomic E-state index is 9.78. The summed E-state index contributed by atoms with van der Waals surface area (Å²) in [6, 6.07) is 18.4. The number of nitrogens with zero attached hydrogens (tertiary/aromatic N) is 6. The number of hydrogen-bond donors (Lipinski definition) is 0. The molecular weight excluding hydrogens is 400 g/mol. The third-order valence-corrected chi connectivity index (χ3v) is 5.91. The van der Waals surface area contributed by atoms with Gasteiger partial charge in [-0.3, -0.25) is 4.68 Å². The zero-order valence-corrected chi connectivity index (χ0v) is 17.8. The van der Waals surface area contributed by atoms with Gasteiger partial charge in [0.05, 0.1) is 35.1 Å². The molecule has 2 aromatic heterocycles. The molecule has 0 saturated heterocycles. The van der Waals surface area contributed by atoms with E-state index in [2.05, 4.69) is 45.5 Å². The van der Waals surface area contributed by atoms with Crippen molar-refractivity contribution in [1.82, 2.24) is 14.9 Å². The summed E-state index contributed by atoms with van der Waals surface area (Å²) in [6.07, 6.45) is 4.09. The molecule has 1 aliphatic heterocycles. The molecule has 5 rings (SSSR count). The van der Waals surface area contributed by atoms with E-state index in [-0.39, 0.29) is 12.3 Å². The SMILES string of the molecule is Cc1noc2c1-c1ccc(-c3cnn(C)c3)cc1N(c1ccccc1C#N)CC2CC#N. The lowest BCUT2D eigenvalue weighted by molar-refractivity contribution is 0.359. The van der Waals surface area contributed by atoms with Gasteiger partial charge in [-0.1, -0.05) is 29.4 Å². The Morgan fingerprint density at radius 2 is 1.97 bits per heavy atom. The molecule has 4 aromatic rings. The molecular formula is C25H20N6O. The second kappa shape index (κ2) is 7.72. The van der Waals surface area contributed by atoms with Gasteiger partial charge >= 0.3 is 0 Å². The minimum absolute atomic E-state index is 0.183. The zero-order chi connectivity index (χ0) is 22.2. The van der Waals surface area contributed by atoms with E-state index in [4.69, 9.17) is 4.52 Å². The highest BCUT2D eigenvalue weighted by Crippen LogP contribution is 2.47. The first-order valence-corrected chi connectivity index (χ1v) is 10.3. The highest BCUT2D eigenvalue weighted by molar-refractivity contribution is 5.89. The van der Waals surface area contributed by atoms with Crippen LogP contribution in [0.1, 0.15) is 29.4 Å². The van der Waals surface area contributed by atoms with Crippen molar-refractivity contribution in [3.63, 3.8) is 0 Å². The lowest BCUT2D eigenvalue weighted by Gasteiger charge is -2.28. The molecule has 0 N–H and O–H groups in total. The zero-order valence-electron chi connectivity index (χ0n) is 17.8. The fourth-order valence-corrected chi connectivity index (χ4v) is 4.41. The topological polar surface area (TPSA) is 94.7 Å². The Morgan fingerprint density at radius 3 is 2.72 bits per heavy atom. The van der Waals surface area contributed by atoms with Gasteiger partial charge in [0, 0.05) is 48.6 Å². The molecule has 0 fully saturated rings. The molecule has 0 saturated carbocycles. The summed E-state index contributed by atoms with van der Waals surface area (Å²) >= 11 is 0. The first-order chi connectivity index (χ1) is 15.6. The van der Waals surface area contributed by atoms with Gasteiger partial charge in [-0.05, 0) is 30.7 Å². The summed E-state index contributed by atoms with van der Waals surface area (Å²) in [5.74, 6) is 0.536. The van der Waals surface area contributed by atoms with Crippen molar-refractivity contribution in [2.45, 2.75) is 19.3 Å². The van der Waals surface area contributed by atoms with Crippen LogP contribution in [0, 0.1) is 29.6 Å². The number of para-hydroxylation sites is 1. The number of fused-ring (bicyclic) bond motifs is 3. The second-order valence-electron chi connectivity index (χ2n) is 7.94. The van der Waals surface area contributed by atoms with Crippen LogP contribution in [-0.4, -0.2) is 21.5 Å². The van der Waals surface area contributed by atoms with Crippen molar-refractivity contribution in [2.75, 3.05) is 11.4 Å². The molecule has 1 aliphatic rings. The predicted molar refractivity (Wildman–Crippen MR) is 120 cm³/mol. The van der Waals surface area contributed by atoms with Crippen molar-refractivity contribution in [2.24, 2.45) is 7.05 Å². The van der Waals surface area contributed by atoms with Crippen LogP contribution < -0.4 is 4.90 Å². The van der Waals surface area contributed by atoms with Gasteiger partial charge in [-0.2, -0.15) is 15.6 Å². The number of hydrogen-bond acceptors (Lipinski definition) is 6. The smallest absolute Gasteiger partial charge is 0.150 e. The average molecular weight is 420 g/mol. The lowest BCUT2D eigenvalue weighted by Crippen LogP contribution is -2.23.